The summed E-state index contributed by atoms with van der Waals surface area (Å²) < 4.78 is 1.97. The van der Waals surface area contributed by atoms with E-state index in [1.165, 1.54) is 0 Å². The molecule has 3 aromatic rings. The Morgan fingerprint density at radius 2 is 2.28 bits per heavy atom. The Labute approximate surface area is 118 Å². The van der Waals surface area contributed by atoms with Gasteiger partial charge in [-0.3, -0.25) is 4.57 Å². The predicted molar refractivity (Wildman–Crippen MR) is 76.0 cm³/mol. The first-order valence-corrected chi connectivity index (χ1v) is 7.13. The highest BCUT2D eigenvalue weighted by Crippen LogP contribution is 2.28. The van der Waals surface area contributed by atoms with Gasteiger partial charge in [0.15, 0.2) is 5.65 Å². The van der Waals surface area contributed by atoms with Crippen LogP contribution in [0.15, 0.2) is 29.1 Å². The van der Waals surface area contributed by atoms with Crippen molar-refractivity contribution in [1.82, 2.24) is 14.5 Å². The van der Waals surface area contributed by atoms with Crippen LogP contribution in [0.1, 0.15) is 18.1 Å². The molecule has 0 saturated carbocycles. The van der Waals surface area contributed by atoms with Crippen molar-refractivity contribution in [3.05, 3.63) is 39.9 Å². The number of halogens is 2. The molecule has 0 aliphatic carbocycles. The number of pyridine rings is 1. The number of hydrogen-bond donors (Lipinski definition) is 0. The molecule has 6 heteroatoms. The van der Waals surface area contributed by atoms with E-state index in [0.717, 1.165) is 22.7 Å². The average molecular weight is 298 g/mol. The molecule has 0 aliphatic heterocycles. The Balaban J connectivity index is 2.36. The van der Waals surface area contributed by atoms with Crippen molar-refractivity contribution in [2.75, 3.05) is 0 Å². The molecule has 0 spiro atoms. The maximum Gasteiger partial charge on any atom is 0.164 e. The molecule has 92 valence electrons. The van der Waals surface area contributed by atoms with E-state index in [1.54, 1.807) is 23.6 Å². The van der Waals surface area contributed by atoms with Crippen molar-refractivity contribution in [1.29, 1.82) is 0 Å². The Hall–Kier alpha value is -1.10. The van der Waals surface area contributed by atoms with Gasteiger partial charge < -0.3 is 0 Å². The van der Waals surface area contributed by atoms with Crippen LogP contribution in [0, 0.1) is 0 Å². The predicted octanol–water partition coefficient (Wildman–Crippen LogP) is 4.44. The zero-order chi connectivity index (χ0) is 12.7. The topological polar surface area (TPSA) is 30.7 Å². The number of rotatable bonds is 2. The van der Waals surface area contributed by atoms with Gasteiger partial charge in [-0.05, 0) is 24.4 Å². The zero-order valence-corrected chi connectivity index (χ0v) is 11.8. The molecule has 3 rings (SSSR count). The third kappa shape index (κ3) is 1.90. The molecule has 0 aliphatic rings. The molecule has 0 radical (unpaired) electrons. The van der Waals surface area contributed by atoms with Crippen LogP contribution in [0.25, 0.3) is 16.9 Å². The largest absolute Gasteiger partial charge is 0.279 e. The van der Waals surface area contributed by atoms with Gasteiger partial charge in [0.05, 0.1) is 16.1 Å². The summed E-state index contributed by atoms with van der Waals surface area (Å²) in [5.74, 6) is 0.778. The van der Waals surface area contributed by atoms with E-state index in [2.05, 4.69) is 9.97 Å². The molecule has 3 aromatic heterocycles. The van der Waals surface area contributed by atoms with E-state index >= 15 is 0 Å². The van der Waals surface area contributed by atoms with Gasteiger partial charge in [0.1, 0.15) is 11.3 Å². The summed E-state index contributed by atoms with van der Waals surface area (Å²) in [6.07, 6.45) is 1.62. The molecule has 0 N–H and O–H groups in total. The van der Waals surface area contributed by atoms with E-state index in [1.807, 2.05) is 28.3 Å². The molecule has 0 fully saturated rings. The summed E-state index contributed by atoms with van der Waals surface area (Å²) in [6.45, 7) is 1.90. The standard InChI is InChI=1S/C12H9Cl2N3S/c1-7(13)11-16-10-4-8(14)5-15-12(10)17(11)9-2-3-18-6-9/h2-7H,1H3. The van der Waals surface area contributed by atoms with Gasteiger partial charge in [-0.2, -0.15) is 11.3 Å². The molecule has 3 nitrogen and oxygen atoms in total. The smallest absolute Gasteiger partial charge is 0.164 e. The van der Waals surface area contributed by atoms with Crippen molar-refractivity contribution in [3.8, 4) is 5.69 Å². The van der Waals surface area contributed by atoms with Crippen molar-refractivity contribution in [3.63, 3.8) is 0 Å². The summed E-state index contributed by atoms with van der Waals surface area (Å²) in [4.78, 5) is 8.87. The molecular formula is C12H9Cl2N3S. The van der Waals surface area contributed by atoms with Crippen LogP contribution in [0.4, 0.5) is 0 Å². The number of alkyl halides is 1. The normalized spacial score (nSPS) is 13.1. The Morgan fingerprint density at radius 3 is 2.94 bits per heavy atom. The van der Waals surface area contributed by atoms with Crippen molar-refractivity contribution in [2.45, 2.75) is 12.3 Å². The molecule has 1 unspecified atom stereocenters. The van der Waals surface area contributed by atoms with Gasteiger partial charge in [0.25, 0.3) is 0 Å². The van der Waals surface area contributed by atoms with Crippen molar-refractivity contribution >= 4 is 45.7 Å². The quantitative estimate of drug-likeness (QED) is 0.655. The second-order valence-corrected chi connectivity index (χ2v) is 5.77. The van der Waals surface area contributed by atoms with Gasteiger partial charge >= 0.3 is 0 Å². The first kappa shape index (κ1) is 12.0. The van der Waals surface area contributed by atoms with Gasteiger partial charge in [0.2, 0.25) is 0 Å². The first-order valence-electron chi connectivity index (χ1n) is 5.37. The maximum atomic E-state index is 6.20. The lowest BCUT2D eigenvalue weighted by Crippen LogP contribution is -2.01. The highest BCUT2D eigenvalue weighted by molar-refractivity contribution is 7.08. The summed E-state index contributed by atoms with van der Waals surface area (Å²) in [5, 5.41) is 4.43. The fourth-order valence-electron chi connectivity index (χ4n) is 1.86. The Morgan fingerprint density at radius 1 is 1.44 bits per heavy atom. The molecule has 1 atom stereocenters. The lowest BCUT2D eigenvalue weighted by molar-refractivity contribution is 0.879. The summed E-state index contributed by atoms with van der Waals surface area (Å²) in [6, 6.07) is 3.82. The lowest BCUT2D eigenvalue weighted by atomic mass is 10.4. The third-order valence-corrected chi connectivity index (χ3v) is 3.68. The van der Waals surface area contributed by atoms with E-state index in [-0.39, 0.29) is 5.38 Å². The molecule has 0 bridgehead atoms. The second-order valence-electron chi connectivity index (χ2n) is 3.90. The monoisotopic (exact) mass is 297 g/mol. The van der Waals surface area contributed by atoms with Crippen molar-refractivity contribution in [2.24, 2.45) is 0 Å². The maximum absolute atomic E-state index is 6.20. The minimum Gasteiger partial charge on any atom is -0.279 e. The first-order chi connectivity index (χ1) is 8.66. The molecular weight excluding hydrogens is 289 g/mol. The number of nitrogens with zero attached hydrogens (tertiary/aromatic N) is 3. The number of imidazole rings is 1. The van der Waals surface area contributed by atoms with Crippen molar-refractivity contribution < 1.29 is 0 Å². The second kappa shape index (κ2) is 4.53. The van der Waals surface area contributed by atoms with Crippen LogP contribution in [0.2, 0.25) is 5.02 Å². The molecule has 0 aromatic carbocycles. The van der Waals surface area contributed by atoms with Gasteiger partial charge in [-0.1, -0.05) is 11.6 Å². The Bertz CT molecular complexity index is 689. The highest BCUT2D eigenvalue weighted by Gasteiger charge is 2.17. The summed E-state index contributed by atoms with van der Waals surface area (Å²) >= 11 is 13.8. The third-order valence-electron chi connectivity index (χ3n) is 2.61. The van der Waals surface area contributed by atoms with E-state index < -0.39 is 0 Å². The SMILES string of the molecule is CC(Cl)c1nc2cc(Cl)cnc2n1-c1ccsc1. The van der Waals surface area contributed by atoms with E-state index in [0.29, 0.717) is 5.02 Å². The average Bonchev–Trinajstić information content (AvgIpc) is 2.92. The van der Waals surface area contributed by atoms with Crippen LogP contribution in [0.3, 0.4) is 0 Å². The highest BCUT2D eigenvalue weighted by atomic mass is 35.5. The van der Waals surface area contributed by atoms with Crippen LogP contribution < -0.4 is 0 Å². The van der Waals surface area contributed by atoms with Gasteiger partial charge in [-0.25, -0.2) is 9.97 Å². The van der Waals surface area contributed by atoms with Gasteiger partial charge in [0, 0.05) is 11.6 Å². The fraction of sp³-hybridized carbons (Fsp3) is 0.167. The molecule has 18 heavy (non-hydrogen) atoms. The fourth-order valence-corrected chi connectivity index (χ4v) is 2.78. The van der Waals surface area contributed by atoms with Crippen LogP contribution in [-0.4, -0.2) is 14.5 Å². The van der Waals surface area contributed by atoms with Crippen LogP contribution in [-0.2, 0) is 0 Å². The van der Waals surface area contributed by atoms with Crippen LogP contribution >= 0.6 is 34.5 Å². The number of aromatic nitrogens is 3. The minimum atomic E-state index is -0.196. The van der Waals surface area contributed by atoms with E-state index in [4.69, 9.17) is 23.2 Å². The number of hydrogen-bond acceptors (Lipinski definition) is 3. The summed E-state index contributed by atoms with van der Waals surface area (Å²) in [7, 11) is 0. The van der Waals surface area contributed by atoms with Gasteiger partial charge in [-0.15, -0.1) is 11.6 Å². The number of thiophene rings is 1. The van der Waals surface area contributed by atoms with Crippen LogP contribution in [0.5, 0.6) is 0 Å². The Kier molecular flexibility index (Phi) is 3.01. The minimum absolute atomic E-state index is 0.196. The van der Waals surface area contributed by atoms with E-state index in [9.17, 15) is 0 Å². The summed E-state index contributed by atoms with van der Waals surface area (Å²) in [5.41, 5.74) is 2.57. The molecule has 0 amide bonds. The molecule has 0 saturated heterocycles. The lowest BCUT2D eigenvalue weighted by Gasteiger charge is -2.07. The molecule has 3 heterocycles. The zero-order valence-electron chi connectivity index (χ0n) is 9.47. The number of fused-ring (bicyclic) bond motifs is 1.